The van der Waals surface area contributed by atoms with Crippen LogP contribution in [-0.4, -0.2) is 25.8 Å². The molecule has 88 valence electrons. The predicted octanol–water partition coefficient (Wildman–Crippen LogP) is 1.75. The number of benzene rings is 1. The summed E-state index contributed by atoms with van der Waals surface area (Å²) >= 11 is 1.60. The molecule has 0 spiro atoms. The van der Waals surface area contributed by atoms with Crippen molar-refractivity contribution in [2.45, 2.75) is 11.8 Å². The Hall–Kier alpha value is -1.36. The van der Waals surface area contributed by atoms with Crippen molar-refractivity contribution < 1.29 is 9.53 Å². The monoisotopic (exact) mass is 240 g/mol. The fraction of sp³-hybridized carbons (Fsp3) is 0.364. The highest BCUT2D eigenvalue weighted by molar-refractivity contribution is 7.99. The minimum absolute atomic E-state index is 0.171. The minimum Gasteiger partial charge on any atom is -0.496 e. The number of nitrogen functional groups attached to an aromatic ring is 1. The van der Waals surface area contributed by atoms with Crippen LogP contribution in [0.25, 0.3) is 0 Å². The SMILES string of the molecule is CCSc1cc(C(=O)NC)c(OC)cc1N. The van der Waals surface area contributed by atoms with Gasteiger partial charge in [-0.15, -0.1) is 11.8 Å². The van der Waals surface area contributed by atoms with E-state index in [9.17, 15) is 4.79 Å². The van der Waals surface area contributed by atoms with Gasteiger partial charge in [-0.2, -0.15) is 0 Å². The molecule has 0 saturated carbocycles. The molecule has 0 radical (unpaired) electrons. The lowest BCUT2D eigenvalue weighted by molar-refractivity contribution is 0.0960. The third-order valence-corrected chi connectivity index (χ3v) is 3.06. The predicted molar refractivity (Wildman–Crippen MR) is 67.2 cm³/mol. The molecule has 0 aromatic heterocycles. The first-order chi connectivity index (χ1) is 7.63. The highest BCUT2D eigenvalue weighted by Crippen LogP contribution is 2.31. The van der Waals surface area contributed by atoms with Crippen LogP contribution in [0.4, 0.5) is 5.69 Å². The second-order valence-electron chi connectivity index (χ2n) is 3.10. The van der Waals surface area contributed by atoms with Gasteiger partial charge in [0.2, 0.25) is 0 Å². The highest BCUT2D eigenvalue weighted by atomic mass is 32.2. The summed E-state index contributed by atoms with van der Waals surface area (Å²) in [7, 11) is 3.11. The second kappa shape index (κ2) is 5.65. The van der Waals surface area contributed by atoms with Crippen molar-refractivity contribution in [3.8, 4) is 5.75 Å². The van der Waals surface area contributed by atoms with Crippen molar-refractivity contribution in [1.29, 1.82) is 0 Å². The molecule has 0 saturated heterocycles. The first-order valence-electron chi connectivity index (χ1n) is 4.96. The molecule has 0 atom stereocenters. The Labute approximate surface area is 99.5 Å². The quantitative estimate of drug-likeness (QED) is 0.621. The minimum atomic E-state index is -0.171. The van der Waals surface area contributed by atoms with Crippen molar-refractivity contribution in [1.82, 2.24) is 5.32 Å². The molecule has 1 aromatic carbocycles. The summed E-state index contributed by atoms with van der Waals surface area (Å²) in [5, 5.41) is 2.58. The summed E-state index contributed by atoms with van der Waals surface area (Å²) in [6, 6.07) is 3.45. The molecule has 0 unspecified atom stereocenters. The van der Waals surface area contributed by atoms with Crippen LogP contribution in [0.1, 0.15) is 17.3 Å². The van der Waals surface area contributed by atoms with Gasteiger partial charge in [-0.3, -0.25) is 4.79 Å². The van der Waals surface area contributed by atoms with Gasteiger partial charge in [-0.25, -0.2) is 0 Å². The molecule has 1 aromatic rings. The van der Waals surface area contributed by atoms with E-state index in [2.05, 4.69) is 5.32 Å². The summed E-state index contributed by atoms with van der Waals surface area (Å²) in [4.78, 5) is 12.5. The normalized spacial score (nSPS) is 9.94. The van der Waals surface area contributed by atoms with Crippen LogP contribution in [0, 0.1) is 0 Å². The Morgan fingerprint density at radius 2 is 2.25 bits per heavy atom. The number of carbonyl (C=O) groups is 1. The van der Waals surface area contributed by atoms with Gasteiger partial charge in [-0.1, -0.05) is 6.92 Å². The molecule has 1 rings (SSSR count). The summed E-state index contributed by atoms with van der Waals surface area (Å²) in [6.07, 6.45) is 0. The third kappa shape index (κ3) is 2.61. The number of hydrogen-bond acceptors (Lipinski definition) is 4. The largest absolute Gasteiger partial charge is 0.496 e. The van der Waals surface area contributed by atoms with Crippen LogP contribution in [0.3, 0.4) is 0 Å². The first kappa shape index (κ1) is 12.7. The number of ether oxygens (including phenoxy) is 1. The molecule has 0 aliphatic heterocycles. The lowest BCUT2D eigenvalue weighted by atomic mass is 10.1. The van der Waals surface area contributed by atoms with Crippen LogP contribution in [0.5, 0.6) is 5.75 Å². The Morgan fingerprint density at radius 3 is 2.75 bits per heavy atom. The van der Waals surface area contributed by atoms with Gasteiger partial charge in [0.1, 0.15) is 5.75 Å². The molecule has 0 aliphatic rings. The number of amides is 1. The number of anilines is 1. The van der Waals surface area contributed by atoms with Crippen LogP contribution >= 0.6 is 11.8 Å². The van der Waals surface area contributed by atoms with E-state index >= 15 is 0 Å². The van der Waals surface area contributed by atoms with E-state index in [-0.39, 0.29) is 5.91 Å². The van der Waals surface area contributed by atoms with E-state index in [0.29, 0.717) is 17.0 Å². The van der Waals surface area contributed by atoms with E-state index in [1.54, 1.807) is 30.9 Å². The number of hydrogen-bond donors (Lipinski definition) is 2. The van der Waals surface area contributed by atoms with Crippen molar-refractivity contribution in [2.24, 2.45) is 0 Å². The Kier molecular flexibility index (Phi) is 4.49. The molecule has 3 N–H and O–H groups in total. The van der Waals surface area contributed by atoms with Gasteiger partial charge in [0.25, 0.3) is 5.91 Å². The maximum Gasteiger partial charge on any atom is 0.254 e. The van der Waals surface area contributed by atoms with Crippen LogP contribution in [0.15, 0.2) is 17.0 Å². The van der Waals surface area contributed by atoms with Gasteiger partial charge >= 0.3 is 0 Å². The van der Waals surface area contributed by atoms with Gasteiger partial charge in [0.05, 0.1) is 12.7 Å². The zero-order chi connectivity index (χ0) is 12.1. The number of rotatable bonds is 4. The number of nitrogens with two attached hydrogens (primary N) is 1. The number of thioether (sulfide) groups is 1. The molecule has 5 heteroatoms. The van der Waals surface area contributed by atoms with E-state index in [0.717, 1.165) is 10.6 Å². The molecule has 4 nitrogen and oxygen atoms in total. The summed E-state index contributed by atoms with van der Waals surface area (Å²) in [5.74, 6) is 1.23. The second-order valence-corrected chi connectivity index (χ2v) is 4.41. The average molecular weight is 240 g/mol. The maximum atomic E-state index is 11.6. The smallest absolute Gasteiger partial charge is 0.254 e. The van der Waals surface area contributed by atoms with Crippen molar-refractivity contribution >= 4 is 23.4 Å². The summed E-state index contributed by atoms with van der Waals surface area (Å²) in [6.45, 7) is 2.04. The van der Waals surface area contributed by atoms with Crippen molar-refractivity contribution in [3.05, 3.63) is 17.7 Å². The van der Waals surface area contributed by atoms with Gasteiger partial charge < -0.3 is 15.8 Å². The Balaban J connectivity index is 3.22. The van der Waals surface area contributed by atoms with E-state index in [1.165, 1.54) is 7.11 Å². The van der Waals surface area contributed by atoms with Crippen LogP contribution in [-0.2, 0) is 0 Å². The summed E-state index contributed by atoms with van der Waals surface area (Å²) < 4.78 is 5.13. The van der Waals surface area contributed by atoms with E-state index in [4.69, 9.17) is 10.5 Å². The number of methoxy groups -OCH3 is 1. The zero-order valence-corrected chi connectivity index (χ0v) is 10.5. The van der Waals surface area contributed by atoms with Crippen LogP contribution in [0.2, 0.25) is 0 Å². The molecule has 0 bridgehead atoms. The molecule has 0 fully saturated rings. The molecular weight excluding hydrogens is 224 g/mol. The average Bonchev–Trinajstić information content (AvgIpc) is 2.30. The molecular formula is C11H16N2O2S. The molecule has 0 aliphatic carbocycles. The highest BCUT2D eigenvalue weighted by Gasteiger charge is 2.14. The lowest BCUT2D eigenvalue weighted by Gasteiger charge is -2.11. The maximum absolute atomic E-state index is 11.6. The molecule has 1 amide bonds. The first-order valence-corrected chi connectivity index (χ1v) is 5.95. The van der Waals surface area contributed by atoms with E-state index < -0.39 is 0 Å². The fourth-order valence-electron chi connectivity index (χ4n) is 1.34. The van der Waals surface area contributed by atoms with Crippen molar-refractivity contribution in [2.75, 3.05) is 25.6 Å². The molecule has 0 heterocycles. The number of nitrogens with one attached hydrogen (secondary N) is 1. The van der Waals surface area contributed by atoms with Crippen molar-refractivity contribution in [3.63, 3.8) is 0 Å². The third-order valence-electron chi connectivity index (χ3n) is 2.10. The Bertz CT molecular complexity index is 394. The topological polar surface area (TPSA) is 64.3 Å². The fourth-order valence-corrected chi connectivity index (χ4v) is 2.07. The lowest BCUT2D eigenvalue weighted by Crippen LogP contribution is -2.19. The van der Waals surface area contributed by atoms with Gasteiger partial charge in [-0.05, 0) is 11.8 Å². The zero-order valence-electron chi connectivity index (χ0n) is 9.66. The van der Waals surface area contributed by atoms with Gasteiger partial charge in [0.15, 0.2) is 0 Å². The molecule has 16 heavy (non-hydrogen) atoms. The standard InChI is InChI=1S/C11H16N2O2S/c1-4-16-10-5-7(11(14)13-2)9(15-3)6-8(10)12/h5-6H,4,12H2,1-3H3,(H,13,14). The van der Waals surface area contributed by atoms with E-state index in [1.807, 2.05) is 6.92 Å². The van der Waals surface area contributed by atoms with Crippen LogP contribution < -0.4 is 15.8 Å². The van der Waals surface area contributed by atoms with Gasteiger partial charge in [0, 0.05) is 23.7 Å². The summed E-state index contributed by atoms with van der Waals surface area (Å²) in [5.41, 5.74) is 7.01. The Morgan fingerprint density at radius 1 is 1.56 bits per heavy atom. The number of carbonyl (C=O) groups excluding carboxylic acids is 1.